The van der Waals surface area contributed by atoms with Crippen LogP contribution in [0.15, 0.2) is 30.5 Å². The summed E-state index contributed by atoms with van der Waals surface area (Å²) >= 11 is 0. The van der Waals surface area contributed by atoms with E-state index in [4.69, 9.17) is 5.11 Å². The van der Waals surface area contributed by atoms with Crippen LogP contribution in [0.1, 0.15) is 25.1 Å². The van der Waals surface area contributed by atoms with Crippen molar-refractivity contribution in [2.45, 2.75) is 32.4 Å². The number of nitrogens with one attached hydrogen (secondary N) is 1. The molecule has 0 bridgehead atoms. The highest BCUT2D eigenvalue weighted by atomic mass is 19.1. The molecule has 0 saturated carbocycles. The van der Waals surface area contributed by atoms with Crippen molar-refractivity contribution < 1.29 is 19.1 Å². The van der Waals surface area contributed by atoms with Gasteiger partial charge >= 0.3 is 5.97 Å². The minimum atomic E-state index is -1.03. The summed E-state index contributed by atoms with van der Waals surface area (Å²) in [6.07, 6.45) is 1.45. The molecule has 7 nitrogen and oxygen atoms in total. The predicted octanol–water partition coefficient (Wildman–Crippen LogP) is 1.10. The minimum Gasteiger partial charge on any atom is -0.480 e. The molecule has 1 heterocycles. The molecule has 0 unspecified atom stereocenters. The second-order valence-electron chi connectivity index (χ2n) is 5.62. The molecule has 0 aliphatic rings. The van der Waals surface area contributed by atoms with E-state index in [1.165, 1.54) is 23.0 Å². The lowest BCUT2D eigenvalue weighted by atomic mass is 9.83. The Bertz CT molecular complexity index is 727. The summed E-state index contributed by atoms with van der Waals surface area (Å²) in [5, 5.41) is 18.8. The maximum absolute atomic E-state index is 13.3. The molecule has 0 radical (unpaired) electrons. The van der Waals surface area contributed by atoms with Gasteiger partial charge in [0.2, 0.25) is 5.91 Å². The van der Waals surface area contributed by atoms with Crippen LogP contribution in [0.3, 0.4) is 0 Å². The van der Waals surface area contributed by atoms with Gasteiger partial charge in [0.05, 0.1) is 18.2 Å². The second kappa shape index (κ2) is 6.55. The summed E-state index contributed by atoms with van der Waals surface area (Å²) in [5.74, 6) is -1.73. The Labute approximate surface area is 132 Å². The average Bonchev–Trinajstić information content (AvgIpc) is 2.91. The van der Waals surface area contributed by atoms with Crippen LogP contribution in [0.2, 0.25) is 0 Å². The van der Waals surface area contributed by atoms with Crippen LogP contribution >= 0.6 is 0 Å². The van der Waals surface area contributed by atoms with Gasteiger partial charge < -0.3 is 10.4 Å². The monoisotopic (exact) mass is 320 g/mol. The Morgan fingerprint density at radius 3 is 2.78 bits per heavy atom. The average molecular weight is 320 g/mol. The first-order valence-electron chi connectivity index (χ1n) is 6.94. The number of carbonyl (C=O) groups is 2. The molecule has 0 saturated heterocycles. The van der Waals surface area contributed by atoms with Crippen molar-refractivity contribution in [1.82, 2.24) is 20.3 Å². The lowest BCUT2D eigenvalue weighted by molar-refractivity contribution is -0.138. The number of benzene rings is 1. The molecule has 2 rings (SSSR count). The minimum absolute atomic E-state index is 0.108. The zero-order valence-electron chi connectivity index (χ0n) is 12.8. The van der Waals surface area contributed by atoms with Crippen LogP contribution in [0.25, 0.3) is 0 Å². The maximum atomic E-state index is 13.3. The van der Waals surface area contributed by atoms with Gasteiger partial charge in [-0.3, -0.25) is 9.59 Å². The molecule has 2 N–H and O–H groups in total. The SMILES string of the molecule is CC(C)(C(=O)NCc1cn(CC(=O)O)nn1)c1cccc(F)c1. The van der Waals surface area contributed by atoms with E-state index in [0.29, 0.717) is 11.3 Å². The number of nitrogens with zero attached hydrogens (tertiary/aromatic N) is 3. The van der Waals surface area contributed by atoms with Gasteiger partial charge in [0.1, 0.15) is 18.1 Å². The molecule has 0 spiro atoms. The smallest absolute Gasteiger partial charge is 0.325 e. The van der Waals surface area contributed by atoms with E-state index in [0.717, 1.165) is 0 Å². The summed E-state index contributed by atoms with van der Waals surface area (Å²) in [4.78, 5) is 22.9. The normalized spacial score (nSPS) is 11.3. The summed E-state index contributed by atoms with van der Waals surface area (Å²) in [7, 11) is 0. The van der Waals surface area contributed by atoms with Gasteiger partial charge in [-0.05, 0) is 31.5 Å². The van der Waals surface area contributed by atoms with Gasteiger partial charge in [-0.1, -0.05) is 17.3 Å². The Balaban J connectivity index is 2.01. The molecule has 1 amide bonds. The molecule has 23 heavy (non-hydrogen) atoms. The fourth-order valence-corrected chi connectivity index (χ4v) is 2.04. The molecule has 0 aliphatic carbocycles. The van der Waals surface area contributed by atoms with E-state index < -0.39 is 17.2 Å². The molecular weight excluding hydrogens is 303 g/mol. The number of rotatable bonds is 6. The molecule has 122 valence electrons. The maximum Gasteiger partial charge on any atom is 0.325 e. The van der Waals surface area contributed by atoms with Crippen molar-refractivity contribution in [3.63, 3.8) is 0 Å². The van der Waals surface area contributed by atoms with E-state index in [2.05, 4.69) is 15.6 Å². The molecule has 8 heteroatoms. The standard InChI is InChI=1S/C15H17FN4O3/c1-15(2,10-4-3-5-11(16)6-10)14(23)17-7-12-8-20(19-18-12)9-13(21)22/h3-6,8H,7,9H2,1-2H3,(H,17,23)(H,21,22). The number of hydrogen-bond donors (Lipinski definition) is 2. The Hall–Kier alpha value is -2.77. The number of carboxylic acid groups (broad SMARTS) is 1. The van der Waals surface area contributed by atoms with Crippen LogP contribution < -0.4 is 5.32 Å². The molecule has 1 aromatic carbocycles. The van der Waals surface area contributed by atoms with Crippen LogP contribution in [-0.2, 0) is 28.1 Å². The fraction of sp³-hybridized carbons (Fsp3) is 0.333. The first-order chi connectivity index (χ1) is 10.8. The molecule has 2 aromatic rings. The van der Waals surface area contributed by atoms with Gasteiger partial charge in [0, 0.05) is 0 Å². The summed E-state index contributed by atoms with van der Waals surface area (Å²) in [6.45, 7) is 3.20. The first-order valence-corrected chi connectivity index (χ1v) is 6.94. The lowest BCUT2D eigenvalue weighted by Crippen LogP contribution is -2.39. The quantitative estimate of drug-likeness (QED) is 0.830. The third-order valence-corrected chi connectivity index (χ3v) is 3.43. The Morgan fingerprint density at radius 1 is 1.39 bits per heavy atom. The Kier molecular flexibility index (Phi) is 4.73. The summed E-state index contributed by atoms with van der Waals surface area (Å²) in [5.41, 5.74) is 0.0817. The van der Waals surface area contributed by atoms with E-state index in [9.17, 15) is 14.0 Å². The van der Waals surface area contributed by atoms with Crippen LogP contribution in [0, 0.1) is 5.82 Å². The largest absolute Gasteiger partial charge is 0.480 e. The van der Waals surface area contributed by atoms with Crippen molar-refractivity contribution in [3.8, 4) is 0 Å². The van der Waals surface area contributed by atoms with E-state index in [1.807, 2.05) is 0 Å². The summed E-state index contributed by atoms with van der Waals surface area (Å²) in [6, 6.07) is 5.88. The van der Waals surface area contributed by atoms with Gasteiger partial charge in [0.15, 0.2) is 0 Å². The number of hydrogen-bond acceptors (Lipinski definition) is 4. The number of carbonyl (C=O) groups excluding carboxylic acids is 1. The fourth-order valence-electron chi connectivity index (χ4n) is 2.04. The van der Waals surface area contributed by atoms with Crippen LogP contribution in [-0.4, -0.2) is 32.0 Å². The van der Waals surface area contributed by atoms with Crippen molar-refractivity contribution in [2.24, 2.45) is 0 Å². The third kappa shape index (κ3) is 4.12. The zero-order valence-corrected chi connectivity index (χ0v) is 12.8. The van der Waals surface area contributed by atoms with Crippen LogP contribution in [0.4, 0.5) is 4.39 Å². The number of aromatic nitrogens is 3. The first kappa shape index (κ1) is 16.6. The third-order valence-electron chi connectivity index (χ3n) is 3.43. The van der Waals surface area contributed by atoms with Crippen molar-refractivity contribution in [2.75, 3.05) is 0 Å². The van der Waals surface area contributed by atoms with Crippen molar-refractivity contribution >= 4 is 11.9 Å². The second-order valence-corrected chi connectivity index (χ2v) is 5.62. The van der Waals surface area contributed by atoms with Crippen LogP contribution in [0.5, 0.6) is 0 Å². The highest BCUT2D eigenvalue weighted by molar-refractivity contribution is 5.87. The number of aliphatic carboxylic acids is 1. The topological polar surface area (TPSA) is 97.1 Å². The highest BCUT2D eigenvalue weighted by Gasteiger charge is 2.30. The molecule has 0 aliphatic heterocycles. The van der Waals surface area contributed by atoms with Gasteiger partial charge in [-0.2, -0.15) is 0 Å². The van der Waals surface area contributed by atoms with Crippen molar-refractivity contribution in [1.29, 1.82) is 0 Å². The highest BCUT2D eigenvalue weighted by Crippen LogP contribution is 2.24. The van der Waals surface area contributed by atoms with Gasteiger partial charge in [-0.25, -0.2) is 9.07 Å². The predicted molar refractivity (Wildman–Crippen MR) is 78.9 cm³/mol. The van der Waals surface area contributed by atoms with E-state index in [1.54, 1.807) is 26.0 Å². The zero-order chi connectivity index (χ0) is 17.0. The molecule has 1 aromatic heterocycles. The summed E-state index contributed by atoms with van der Waals surface area (Å²) < 4.78 is 14.5. The molecule has 0 atom stereocenters. The number of amides is 1. The van der Waals surface area contributed by atoms with E-state index in [-0.39, 0.29) is 19.0 Å². The van der Waals surface area contributed by atoms with Gasteiger partial charge in [-0.15, -0.1) is 5.10 Å². The Morgan fingerprint density at radius 2 is 2.13 bits per heavy atom. The number of carboxylic acids is 1. The number of halogens is 1. The molecular formula is C15H17FN4O3. The molecule has 0 fully saturated rings. The lowest BCUT2D eigenvalue weighted by Gasteiger charge is -2.24. The van der Waals surface area contributed by atoms with Crippen molar-refractivity contribution in [3.05, 3.63) is 47.5 Å². The van der Waals surface area contributed by atoms with Gasteiger partial charge in [0.25, 0.3) is 0 Å². The van der Waals surface area contributed by atoms with E-state index >= 15 is 0 Å².